The molecule has 1 nitrogen and oxygen atoms in total. The van der Waals surface area contributed by atoms with Gasteiger partial charge in [-0.25, -0.2) is 8.78 Å². The second-order valence-corrected chi connectivity index (χ2v) is 1.91. The summed E-state index contributed by atoms with van der Waals surface area (Å²) in [6, 6.07) is 0. The predicted octanol–water partition coefficient (Wildman–Crippen LogP) is 1.27. The van der Waals surface area contributed by atoms with E-state index in [-0.39, 0.29) is 18.9 Å². The van der Waals surface area contributed by atoms with Gasteiger partial charge >= 0.3 is 0 Å². The average Bonchev–Trinajstić information content (AvgIpc) is 1.65. The molecule has 8 heavy (non-hydrogen) atoms. The van der Waals surface area contributed by atoms with Crippen LogP contribution in [0.2, 0.25) is 0 Å². The minimum atomic E-state index is -2.28. The molecular formula is C5H10F2O. The first-order valence-corrected chi connectivity index (χ1v) is 2.55. The summed E-state index contributed by atoms with van der Waals surface area (Å²) >= 11 is 0. The molecule has 50 valence electrons. The predicted molar refractivity (Wildman–Crippen MR) is 26.9 cm³/mol. The van der Waals surface area contributed by atoms with Crippen LogP contribution in [0.1, 0.15) is 13.3 Å². The first-order valence-electron chi connectivity index (χ1n) is 2.55. The number of hydrogen-bond acceptors (Lipinski definition) is 1. The zero-order valence-electron chi connectivity index (χ0n) is 4.77. The van der Waals surface area contributed by atoms with Gasteiger partial charge in [0.1, 0.15) is 0 Å². The number of aliphatic hydroxyl groups excluding tert-OH is 1. The molecule has 0 unspecified atom stereocenters. The first-order chi connectivity index (χ1) is 3.66. The molecule has 1 N–H and O–H groups in total. The Kier molecular flexibility index (Phi) is 3.69. The van der Waals surface area contributed by atoms with Crippen LogP contribution in [-0.2, 0) is 0 Å². The van der Waals surface area contributed by atoms with Gasteiger partial charge in [0, 0.05) is 13.0 Å². The van der Waals surface area contributed by atoms with E-state index in [0.717, 1.165) is 0 Å². The molecule has 0 aromatic heterocycles. The van der Waals surface area contributed by atoms with Crippen molar-refractivity contribution in [3.8, 4) is 0 Å². The molecule has 0 saturated heterocycles. The summed E-state index contributed by atoms with van der Waals surface area (Å²) in [5, 5.41) is 8.25. The summed E-state index contributed by atoms with van der Waals surface area (Å²) in [5.41, 5.74) is 0. The van der Waals surface area contributed by atoms with Crippen molar-refractivity contribution >= 4 is 0 Å². The molecule has 0 heterocycles. The lowest BCUT2D eigenvalue weighted by atomic mass is 10.1. The van der Waals surface area contributed by atoms with Gasteiger partial charge in [0.25, 0.3) is 0 Å². The highest BCUT2D eigenvalue weighted by atomic mass is 19.3. The highest BCUT2D eigenvalue weighted by Crippen LogP contribution is 2.08. The quantitative estimate of drug-likeness (QED) is 0.600. The summed E-state index contributed by atoms with van der Waals surface area (Å²) < 4.78 is 22.7. The number of halogens is 2. The van der Waals surface area contributed by atoms with Crippen LogP contribution in [0.5, 0.6) is 0 Å². The van der Waals surface area contributed by atoms with Gasteiger partial charge < -0.3 is 5.11 Å². The van der Waals surface area contributed by atoms with E-state index in [1.54, 1.807) is 6.92 Å². The van der Waals surface area contributed by atoms with Gasteiger partial charge in [0.15, 0.2) is 0 Å². The maximum absolute atomic E-state index is 11.4. The lowest BCUT2D eigenvalue weighted by molar-refractivity contribution is 0.0983. The number of hydrogen-bond donors (Lipinski definition) is 1. The van der Waals surface area contributed by atoms with E-state index in [1.165, 1.54) is 0 Å². The minimum Gasteiger partial charge on any atom is -0.396 e. The van der Waals surface area contributed by atoms with Gasteiger partial charge in [0.2, 0.25) is 6.43 Å². The van der Waals surface area contributed by atoms with Crippen molar-refractivity contribution in [2.24, 2.45) is 5.92 Å². The molecule has 0 radical (unpaired) electrons. The van der Waals surface area contributed by atoms with E-state index in [4.69, 9.17) is 5.11 Å². The van der Waals surface area contributed by atoms with E-state index < -0.39 is 6.43 Å². The molecule has 0 saturated carbocycles. The standard InChI is InChI=1S/C5H10F2O/c1-4(3-8)2-5(6)7/h4-5,8H,2-3H2,1H3/t4-/m0/s1. The van der Waals surface area contributed by atoms with Crippen molar-refractivity contribution in [1.29, 1.82) is 0 Å². The molecule has 0 rings (SSSR count). The van der Waals surface area contributed by atoms with Gasteiger partial charge in [-0.15, -0.1) is 0 Å². The van der Waals surface area contributed by atoms with Crippen molar-refractivity contribution in [3.05, 3.63) is 0 Å². The van der Waals surface area contributed by atoms with Crippen molar-refractivity contribution in [2.45, 2.75) is 19.8 Å². The third-order valence-corrected chi connectivity index (χ3v) is 0.892. The molecular weight excluding hydrogens is 114 g/mol. The molecule has 0 aromatic carbocycles. The Morgan fingerprint density at radius 1 is 1.50 bits per heavy atom. The largest absolute Gasteiger partial charge is 0.396 e. The highest BCUT2D eigenvalue weighted by Gasteiger charge is 2.07. The van der Waals surface area contributed by atoms with Crippen molar-refractivity contribution in [2.75, 3.05) is 6.61 Å². The minimum absolute atomic E-state index is 0.148. The van der Waals surface area contributed by atoms with Crippen LogP contribution in [0.3, 0.4) is 0 Å². The lowest BCUT2D eigenvalue weighted by Gasteiger charge is -2.03. The maximum atomic E-state index is 11.4. The Morgan fingerprint density at radius 3 is 2.12 bits per heavy atom. The Bertz CT molecular complexity index is 56.4. The van der Waals surface area contributed by atoms with Crippen LogP contribution in [-0.4, -0.2) is 18.1 Å². The topological polar surface area (TPSA) is 20.2 Å². The van der Waals surface area contributed by atoms with E-state index in [1.807, 2.05) is 0 Å². The van der Waals surface area contributed by atoms with E-state index in [2.05, 4.69) is 0 Å². The summed E-state index contributed by atoms with van der Waals surface area (Å²) in [6.45, 7) is 1.44. The number of alkyl halides is 2. The van der Waals surface area contributed by atoms with Crippen molar-refractivity contribution in [1.82, 2.24) is 0 Å². The van der Waals surface area contributed by atoms with Gasteiger partial charge in [-0.3, -0.25) is 0 Å². The molecule has 0 aliphatic heterocycles. The fourth-order valence-corrected chi connectivity index (χ4v) is 0.379. The second-order valence-electron chi connectivity index (χ2n) is 1.91. The zero-order valence-corrected chi connectivity index (χ0v) is 4.77. The highest BCUT2D eigenvalue weighted by molar-refractivity contribution is 4.50. The molecule has 0 fully saturated rings. The average molecular weight is 124 g/mol. The molecule has 3 heteroatoms. The van der Waals surface area contributed by atoms with Crippen LogP contribution in [0.15, 0.2) is 0 Å². The Morgan fingerprint density at radius 2 is 2.00 bits per heavy atom. The smallest absolute Gasteiger partial charge is 0.239 e. The van der Waals surface area contributed by atoms with Crippen LogP contribution >= 0.6 is 0 Å². The zero-order chi connectivity index (χ0) is 6.57. The lowest BCUT2D eigenvalue weighted by Crippen LogP contribution is -2.05. The number of aliphatic hydroxyl groups is 1. The monoisotopic (exact) mass is 124 g/mol. The van der Waals surface area contributed by atoms with Gasteiger partial charge in [0.05, 0.1) is 0 Å². The fourth-order valence-electron chi connectivity index (χ4n) is 0.379. The summed E-state index contributed by atoms with van der Waals surface area (Å²) in [7, 11) is 0. The molecule has 0 amide bonds. The van der Waals surface area contributed by atoms with Gasteiger partial charge in [-0.2, -0.15) is 0 Å². The maximum Gasteiger partial charge on any atom is 0.239 e. The van der Waals surface area contributed by atoms with Crippen LogP contribution in [0.25, 0.3) is 0 Å². The van der Waals surface area contributed by atoms with Crippen LogP contribution in [0.4, 0.5) is 8.78 Å². The third-order valence-electron chi connectivity index (χ3n) is 0.892. The summed E-state index contributed by atoms with van der Waals surface area (Å²) in [4.78, 5) is 0. The second kappa shape index (κ2) is 3.78. The Balaban J connectivity index is 3.10. The normalized spacial score (nSPS) is 14.6. The summed E-state index contributed by atoms with van der Waals surface area (Å²) in [5.74, 6) is -0.269. The molecule has 0 spiro atoms. The molecule has 1 atom stereocenters. The fraction of sp³-hybridized carbons (Fsp3) is 1.00. The third kappa shape index (κ3) is 3.99. The summed E-state index contributed by atoms with van der Waals surface area (Å²) in [6.07, 6.45) is -2.48. The van der Waals surface area contributed by atoms with E-state index in [0.29, 0.717) is 0 Å². The molecule has 0 aliphatic carbocycles. The SMILES string of the molecule is C[C@H](CO)CC(F)F. The first kappa shape index (κ1) is 7.82. The van der Waals surface area contributed by atoms with Crippen LogP contribution < -0.4 is 0 Å². The van der Waals surface area contributed by atoms with E-state index in [9.17, 15) is 8.78 Å². The Hall–Kier alpha value is -0.180. The molecule has 0 bridgehead atoms. The van der Waals surface area contributed by atoms with Gasteiger partial charge in [-0.05, 0) is 5.92 Å². The molecule has 0 aliphatic rings. The number of rotatable bonds is 3. The van der Waals surface area contributed by atoms with Crippen molar-refractivity contribution < 1.29 is 13.9 Å². The van der Waals surface area contributed by atoms with Crippen LogP contribution in [0, 0.1) is 5.92 Å². The Labute approximate surface area is 47.3 Å². The van der Waals surface area contributed by atoms with E-state index >= 15 is 0 Å². The van der Waals surface area contributed by atoms with Gasteiger partial charge in [-0.1, -0.05) is 6.92 Å². The van der Waals surface area contributed by atoms with Crippen molar-refractivity contribution in [3.63, 3.8) is 0 Å². The molecule has 0 aromatic rings.